The van der Waals surface area contributed by atoms with Gasteiger partial charge in [-0.2, -0.15) is 0 Å². The van der Waals surface area contributed by atoms with E-state index in [-0.39, 0.29) is 30.5 Å². The smallest absolute Gasteiger partial charge is 0.339 e. The fraction of sp³-hybridized carbons (Fsp3) is 0.538. The molecule has 0 amide bonds. The van der Waals surface area contributed by atoms with Crippen LogP contribution in [0.15, 0.2) is 36.4 Å². The van der Waals surface area contributed by atoms with E-state index in [1.54, 1.807) is 0 Å². The molecule has 2 aromatic rings. The number of aliphatic hydroxyl groups is 2. The van der Waals surface area contributed by atoms with Gasteiger partial charge in [-0.25, -0.2) is 0 Å². The molecule has 0 saturated carbocycles. The van der Waals surface area contributed by atoms with Gasteiger partial charge < -0.3 is 55.9 Å². The van der Waals surface area contributed by atoms with Crippen LogP contribution in [0.4, 0.5) is 0 Å². The SMILES string of the molecule is CC(c1cccc(O)c1O)N(CP(=O)(O)O)C(CO)C(CO)(CCCCN)N(CP(=O)(O)O)C(C)c1cccc(O)c1O. The second-order valence-electron chi connectivity index (χ2n) is 10.6. The van der Waals surface area contributed by atoms with Crippen molar-refractivity contribution in [3.8, 4) is 23.0 Å². The Morgan fingerprint density at radius 2 is 1.28 bits per heavy atom. The van der Waals surface area contributed by atoms with Gasteiger partial charge in [-0.3, -0.25) is 18.9 Å². The van der Waals surface area contributed by atoms with Crippen molar-refractivity contribution < 1.29 is 59.3 Å². The van der Waals surface area contributed by atoms with Gasteiger partial charge in [0.1, 0.15) is 12.6 Å². The number of phenolic OH excluding ortho intramolecular Hbond substituents is 4. The average Bonchev–Trinajstić information content (AvgIpc) is 2.92. The van der Waals surface area contributed by atoms with E-state index >= 15 is 0 Å². The normalized spacial score (nSPS) is 16.3. The van der Waals surface area contributed by atoms with Gasteiger partial charge in [-0.05, 0) is 45.4 Å². The maximum absolute atomic E-state index is 12.5. The van der Waals surface area contributed by atoms with Gasteiger partial charge in [-0.15, -0.1) is 0 Å². The van der Waals surface area contributed by atoms with Gasteiger partial charge in [0.15, 0.2) is 23.0 Å². The summed E-state index contributed by atoms with van der Waals surface area (Å²) < 4.78 is 25.0. The van der Waals surface area contributed by atoms with Crippen LogP contribution in [0, 0.1) is 0 Å². The van der Waals surface area contributed by atoms with E-state index in [0.29, 0.717) is 6.42 Å². The highest BCUT2D eigenvalue weighted by atomic mass is 31.2. The van der Waals surface area contributed by atoms with Crippen LogP contribution >= 0.6 is 15.2 Å². The first-order chi connectivity index (χ1) is 19.9. The van der Waals surface area contributed by atoms with Crippen molar-refractivity contribution in [1.29, 1.82) is 0 Å². The lowest BCUT2D eigenvalue weighted by molar-refractivity contribution is -0.0821. The van der Waals surface area contributed by atoms with E-state index in [1.807, 2.05) is 0 Å². The maximum Gasteiger partial charge on any atom is 0.339 e. The number of hydrogen-bond acceptors (Lipinski definition) is 11. The predicted molar refractivity (Wildman–Crippen MR) is 157 cm³/mol. The zero-order valence-electron chi connectivity index (χ0n) is 24.0. The van der Waals surface area contributed by atoms with Gasteiger partial charge >= 0.3 is 15.2 Å². The zero-order chi connectivity index (χ0) is 32.8. The van der Waals surface area contributed by atoms with Crippen molar-refractivity contribution in [2.75, 3.05) is 32.3 Å². The number of nitrogens with zero attached hydrogens (tertiary/aromatic N) is 2. The molecule has 0 aliphatic heterocycles. The van der Waals surface area contributed by atoms with Crippen LogP contribution in [-0.2, 0) is 9.13 Å². The largest absolute Gasteiger partial charge is 0.504 e. The molecule has 2 rings (SSSR count). The molecule has 4 unspecified atom stereocenters. The molecular formula is C26H43N3O12P2. The predicted octanol–water partition coefficient (Wildman–Crippen LogP) is 1.43. The van der Waals surface area contributed by atoms with Gasteiger partial charge in [0, 0.05) is 23.2 Å². The molecule has 2 aromatic carbocycles. The van der Waals surface area contributed by atoms with E-state index in [0.717, 1.165) is 9.80 Å². The summed E-state index contributed by atoms with van der Waals surface area (Å²) in [6.45, 7) is 1.29. The number of phenols is 4. The minimum absolute atomic E-state index is 0.0147. The third-order valence-electron chi connectivity index (χ3n) is 7.74. The first kappa shape index (κ1) is 36.9. The van der Waals surface area contributed by atoms with Crippen LogP contribution in [-0.4, -0.2) is 104 Å². The maximum atomic E-state index is 12.5. The molecule has 0 saturated heterocycles. The quantitative estimate of drug-likeness (QED) is 0.0656. The van der Waals surface area contributed by atoms with Gasteiger partial charge in [0.2, 0.25) is 0 Å². The van der Waals surface area contributed by atoms with Gasteiger partial charge in [0.05, 0.1) is 24.8 Å². The first-order valence-corrected chi connectivity index (χ1v) is 17.1. The number of hydrogen-bond donors (Lipinski definition) is 11. The first-order valence-electron chi connectivity index (χ1n) is 13.5. The Bertz CT molecular complexity index is 1310. The molecule has 0 aliphatic carbocycles. The second-order valence-corrected chi connectivity index (χ2v) is 13.8. The lowest BCUT2D eigenvalue weighted by Crippen LogP contribution is -2.66. The summed E-state index contributed by atoms with van der Waals surface area (Å²) >= 11 is 0. The number of aliphatic hydroxyl groups excluding tert-OH is 2. The average molecular weight is 652 g/mol. The van der Waals surface area contributed by atoms with Gasteiger partial charge in [0.25, 0.3) is 0 Å². The summed E-state index contributed by atoms with van der Waals surface area (Å²) in [6.07, 6.45) is -1.55. The Morgan fingerprint density at radius 1 is 0.791 bits per heavy atom. The summed E-state index contributed by atoms with van der Waals surface area (Å²) in [6, 6.07) is 4.17. The summed E-state index contributed by atoms with van der Waals surface area (Å²) in [4.78, 5) is 42.8. The topological polar surface area (TPSA) is 269 Å². The highest BCUT2D eigenvalue weighted by Crippen LogP contribution is 2.49. The molecule has 0 aromatic heterocycles. The molecule has 43 heavy (non-hydrogen) atoms. The van der Waals surface area contributed by atoms with Gasteiger partial charge in [-0.1, -0.05) is 30.7 Å². The summed E-state index contributed by atoms with van der Waals surface area (Å²) in [5.74, 6) is -2.23. The Labute approximate surface area is 249 Å². The number of rotatable bonds is 17. The number of aromatic hydroxyl groups is 4. The third-order valence-corrected chi connectivity index (χ3v) is 9.11. The van der Waals surface area contributed by atoms with Crippen molar-refractivity contribution in [1.82, 2.24) is 9.80 Å². The van der Waals surface area contributed by atoms with Crippen LogP contribution in [0.2, 0.25) is 0 Å². The fourth-order valence-electron chi connectivity index (χ4n) is 5.61. The van der Waals surface area contributed by atoms with Crippen molar-refractivity contribution in [3.63, 3.8) is 0 Å². The van der Waals surface area contributed by atoms with Crippen LogP contribution < -0.4 is 5.73 Å². The molecule has 0 bridgehead atoms. The van der Waals surface area contributed by atoms with Crippen molar-refractivity contribution in [2.24, 2.45) is 5.73 Å². The Kier molecular flexibility index (Phi) is 13.0. The van der Waals surface area contributed by atoms with E-state index in [2.05, 4.69) is 0 Å². The number of unbranched alkanes of at least 4 members (excludes halogenated alkanes) is 1. The summed E-state index contributed by atoms with van der Waals surface area (Å²) in [5, 5.41) is 63.5. The molecule has 4 atom stereocenters. The van der Waals surface area contributed by atoms with E-state index < -0.39 is 87.6 Å². The standard InChI is InChI=1S/C26H43N3O12P2/c1-17(19-7-5-9-21(32)24(19)34)28(15-42(36,37)38)23(13-30)26(14-31,11-3-4-12-27)29(16-43(39,40)41)18(2)20-8-6-10-22(33)25(20)35/h5-10,17-18,23,30-35H,3-4,11-16,27H2,1-2H3,(H2,36,37,38)(H2,39,40,41). The Balaban J connectivity index is 2.92. The molecule has 0 fully saturated rings. The molecule has 0 heterocycles. The van der Waals surface area contributed by atoms with E-state index in [9.17, 15) is 59.3 Å². The van der Waals surface area contributed by atoms with Crippen molar-refractivity contribution in [3.05, 3.63) is 47.5 Å². The molecule has 0 spiro atoms. The van der Waals surface area contributed by atoms with E-state index in [4.69, 9.17) is 5.73 Å². The lowest BCUT2D eigenvalue weighted by Gasteiger charge is -2.54. The van der Waals surface area contributed by atoms with Crippen LogP contribution in [0.5, 0.6) is 23.0 Å². The molecule has 17 heteroatoms. The molecule has 244 valence electrons. The van der Waals surface area contributed by atoms with Crippen LogP contribution in [0.3, 0.4) is 0 Å². The second kappa shape index (κ2) is 15.2. The number of para-hydroxylation sites is 2. The minimum Gasteiger partial charge on any atom is -0.504 e. The molecule has 12 N–H and O–H groups in total. The monoisotopic (exact) mass is 651 g/mol. The lowest BCUT2D eigenvalue weighted by atomic mass is 9.80. The fourth-order valence-corrected chi connectivity index (χ4v) is 7.40. The Morgan fingerprint density at radius 3 is 1.70 bits per heavy atom. The van der Waals surface area contributed by atoms with Crippen LogP contribution in [0.25, 0.3) is 0 Å². The third kappa shape index (κ3) is 9.13. The van der Waals surface area contributed by atoms with Crippen molar-refractivity contribution in [2.45, 2.75) is 56.8 Å². The molecule has 0 radical (unpaired) electrons. The molecular weight excluding hydrogens is 608 g/mol. The Hall–Kier alpha value is -2.26. The molecule has 0 aliphatic rings. The zero-order valence-corrected chi connectivity index (χ0v) is 25.8. The summed E-state index contributed by atoms with van der Waals surface area (Å²) in [5.41, 5.74) is 3.85. The van der Waals surface area contributed by atoms with Crippen molar-refractivity contribution >= 4 is 15.2 Å². The van der Waals surface area contributed by atoms with E-state index in [1.165, 1.54) is 50.2 Å². The highest BCUT2D eigenvalue weighted by molar-refractivity contribution is 7.51. The highest BCUT2D eigenvalue weighted by Gasteiger charge is 2.51. The minimum atomic E-state index is -4.97. The van der Waals surface area contributed by atoms with Crippen LogP contribution in [0.1, 0.15) is 56.3 Å². The number of benzene rings is 2. The summed E-state index contributed by atoms with van der Waals surface area (Å²) in [7, 11) is -9.92. The number of nitrogens with two attached hydrogens (primary N) is 1. The molecule has 15 nitrogen and oxygen atoms in total.